The monoisotopic (exact) mass is 290 g/mol. The third-order valence-electron chi connectivity index (χ3n) is 3.85. The van der Waals surface area contributed by atoms with Crippen LogP contribution in [0.25, 0.3) is 0 Å². The number of urea groups is 1. The summed E-state index contributed by atoms with van der Waals surface area (Å²) in [5, 5.41) is 3.03. The van der Waals surface area contributed by atoms with Gasteiger partial charge >= 0.3 is 6.03 Å². The van der Waals surface area contributed by atoms with Crippen LogP contribution in [0.3, 0.4) is 0 Å². The standard InChI is InChI=1S/C17H26N2O2/c1-17(2,3)18-16(20)19-11-9-14(10-12-19)13-5-7-15(21-4)8-6-13/h5-8,14H,9-12H2,1-4H3,(H,18,20). The number of carbonyl (C=O) groups excluding carboxylic acids is 1. The molecule has 21 heavy (non-hydrogen) atoms. The van der Waals surface area contributed by atoms with Crippen molar-refractivity contribution in [2.45, 2.75) is 45.1 Å². The van der Waals surface area contributed by atoms with E-state index in [4.69, 9.17) is 4.74 Å². The van der Waals surface area contributed by atoms with E-state index in [0.717, 1.165) is 31.7 Å². The number of hydrogen-bond acceptors (Lipinski definition) is 2. The van der Waals surface area contributed by atoms with Crippen LogP contribution in [0, 0.1) is 0 Å². The van der Waals surface area contributed by atoms with Crippen LogP contribution in [-0.2, 0) is 0 Å². The molecule has 0 atom stereocenters. The van der Waals surface area contributed by atoms with Crippen molar-refractivity contribution in [1.29, 1.82) is 0 Å². The fraction of sp³-hybridized carbons (Fsp3) is 0.588. The van der Waals surface area contributed by atoms with Crippen LogP contribution in [-0.4, -0.2) is 36.7 Å². The summed E-state index contributed by atoms with van der Waals surface area (Å²) in [6.45, 7) is 7.66. The molecule has 1 N–H and O–H groups in total. The van der Waals surface area contributed by atoms with Gasteiger partial charge in [0.15, 0.2) is 0 Å². The molecule has 1 aromatic rings. The van der Waals surface area contributed by atoms with Gasteiger partial charge in [-0.1, -0.05) is 12.1 Å². The molecular weight excluding hydrogens is 264 g/mol. The number of ether oxygens (including phenoxy) is 1. The van der Waals surface area contributed by atoms with E-state index >= 15 is 0 Å². The molecule has 2 amide bonds. The molecule has 1 aliphatic heterocycles. The van der Waals surface area contributed by atoms with Crippen molar-refractivity contribution in [2.24, 2.45) is 0 Å². The van der Waals surface area contributed by atoms with Crippen LogP contribution in [0.5, 0.6) is 5.75 Å². The van der Waals surface area contributed by atoms with E-state index in [-0.39, 0.29) is 11.6 Å². The summed E-state index contributed by atoms with van der Waals surface area (Å²) in [7, 11) is 1.68. The zero-order valence-electron chi connectivity index (χ0n) is 13.5. The highest BCUT2D eigenvalue weighted by molar-refractivity contribution is 5.75. The lowest BCUT2D eigenvalue weighted by atomic mass is 9.89. The lowest BCUT2D eigenvalue weighted by Crippen LogP contribution is -2.50. The highest BCUT2D eigenvalue weighted by Gasteiger charge is 2.25. The van der Waals surface area contributed by atoms with E-state index in [0.29, 0.717) is 5.92 Å². The second-order valence-electron chi connectivity index (χ2n) is 6.71. The first-order valence-electron chi connectivity index (χ1n) is 7.60. The maximum Gasteiger partial charge on any atom is 0.317 e. The van der Waals surface area contributed by atoms with Crippen molar-refractivity contribution in [3.05, 3.63) is 29.8 Å². The zero-order valence-corrected chi connectivity index (χ0v) is 13.5. The average Bonchev–Trinajstić information content (AvgIpc) is 2.46. The number of likely N-dealkylation sites (tertiary alicyclic amines) is 1. The predicted octanol–water partition coefficient (Wildman–Crippen LogP) is 3.38. The molecule has 0 bridgehead atoms. The van der Waals surface area contributed by atoms with Gasteiger partial charge in [-0.2, -0.15) is 0 Å². The highest BCUT2D eigenvalue weighted by atomic mass is 16.5. The second-order valence-corrected chi connectivity index (χ2v) is 6.71. The maximum atomic E-state index is 12.1. The molecule has 1 aromatic carbocycles. The van der Waals surface area contributed by atoms with Crippen molar-refractivity contribution in [2.75, 3.05) is 20.2 Å². The van der Waals surface area contributed by atoms with Gasteiger partial charge in [0.05, 0.1) is 7.11 Å². The quantitative estimate of drug-likeness (QED) is 0.907. The molecule has 1 aliphatic rings. The van der Waals surface area contributed by atoms with Gasteiger partial charge in [0.2, 0.25) is 0 Å². The Labute approximate surface area is 127 Å². The van der Waals surface area contributed by atoms with Crippen LogP contribution in [0.4, 0.5) is 4.79 Å². The van der Waals surface area contributed by atoms with E-state index in [2.05, 4.69) is 17.4 Å². The van der Waals surface area contributed by atoms with Crippen molar-refractivity contribution in [3.8, 4) is 5.75 Å². The van der Waals surface area contributed by atoms with Crippen molar-refractivity contribution in [3.63, 3.8) is 0 Å². The number of benzene rings is 1. The Balaban J connectivity index is 1.89. The molecule has 0 aromatic heterocycles. The fourth-order valence-electron chi connectivity index (χ4n) is 2.69. The van der Waals surface area contributed by atoms with Gasteiger partial charge in [-0.05, 0) is 57.2 Å². The smallest absolute Gasteiger partial charge is 0.317 e. The number of hydrogen-bond donors (Lipinski definition) is 1. The Morgan fingerprint density at radius 1 is 1.19 bits per heavy atom. The number of methoxy groups -OCH3 is 1. The Bertz CT molecular complexity index is 469. The minimum absolute atomic E-state index is 0.0516. The van der Waals surface area contributed by atoms with E-state index < -0.39 is 0 Å². The summed E-state index contributed by atoms with van der Waals surface area (Å²) in [5.74, 6) is 1.43. The Kier molecular flexibility index (Phi) is 4.76. The molecule has 1 saturated heterocycles. The molecule has 4 heteroatoms. The minimum atomic E-state index is -0.177. The molecule has 116 valence electrons. The molecule has 0 aliphatic carbocycles. The van der Waals surface area contributed by atoms with Crippen LogP contribution in [0.2, 0.25) is 0 Å². The van der Waals surface area contributed by atoms with Crippen LogP contribution < -0.4 is 10.1 Å². The Morgan fingerprint density at radius 2 is 1.76 bits per heavy atom. The van der Waals surface area contributed by atoms with E-state index in [1.165, 1.54) is 5.56 Å². The number of nitrogens with zero attached hydrogens (tertiary/aromatic N) is 1. The topological polar surface area (TPSA) is 41.6 Å². The molecular formula is C17H26N2O2. The SMILES string of the molecule is COc1ccc(C2CCN(C(=O)NC(C)(C)C)CC2)cc1. The third kappa shape index (κ3) is 4.38. The molecule has 1 heterocycles. The number of amides is 2. The molecule has 2 rings (SSSR count). The van der Waals surface area contributed by atoms with Gasteiger partial charge in [0.1, 0.15) is 5.75 Å². The van der Waals surface area contributed by atoms with Crippen molar-refractivity contribution < 1.29 is 9.53 Å². The van der Waals surface area contributed by atoms with Crippen LogP contribution >= 0.6 is 0 Å². The van der Waals surface area contributed by atoms with Crippen molar-refractivity contribution in [1.82, 2.24) is 10.2 Å². The van der Waals surface area contributed by atoms with Crippen LogP contribution in [0.15, 0.2) is 24.3 Å². The molecule has 0 unspecified atom stereocenters. The number of nitrogens with one attached hydrogen (secondary N) is 1. The minimum Gasteiger partial charge on any atom is -0.497 e. The van der Waals surface area contributed by atoms with Gasteiger partial charge in [0.25, 0.3) is 0 Å². The Morgan fingerprint density at radius 3 is 2.24 bits per heavy atom. The normalized spacial score (nSPS) is 16.7. The summed E-state index contributed by atoms with van der Waals surface area (Å²) in [4.78, 5) is 14.1. The second kappa shape index (κ2) is 6.37. The van der Waals surface area contributed by atoms with E-state index in [1.54, 1.807) is 7.11 Å². The summed E-state index contributed by atoms with van der Waals surface area (Å²) in [5.41, 5.74) is 1.16. The highest BCUT2D eigenvalue weighted by Crippen LogP contribution is 2.29. The largest absolute Gasteiger partial charge is 0.497 e. The van der Waals surface area contributed by atoms with Gasteiger partial charge in [0, 0.05) is 18.6 Å². The zero-order chi connectivity index (χ0) is 15.5. The third-order valence-corrected chi connectivity index (χ3v) is 3.85. The summed E-state index contributed by atoms with van der Waals surface area (Å²) in [6.07, 6.45) is 2.04. The number of carbonyl (C=O) groups is 1. The predicted molar refractivity (Wildman–Crippen MR) is 84.8 cm³/mol. The first-order chi connectivity index (χ1) is 9.89. The molecule has 0 saturated carbocycles. The fourth-order valence-corrected chi connectivity index (χ4v) is 2.69. The first kappa shape index (κ1) is 15.7. The molecule has 1 fully saturated rings. The lowest BCUT2D eigenvalue weighted by molar-refractivity contribution is 0.173. The lowest BCUT2D eigenvalue weighted by Gasteiger charge is -2.34. The number of rotatable bonds is 2. The van der Waals surface area contributed by atoms with Crippen LogP contribution in [0.1, 0.15) is 45.1 Å². The summed E-state index contributed by atoms with van der Waals surface area (Å²) >= 11 is 0. The van der Waals surface area contributed by atoms with Crippen molar-refractivity contribution >= 4 is 6.03 Å². The van der Waals surface area contributed by atoms with E-state index in [1.807, 2.05) is 37.8 Å². The summed E-state index contributed by atoms with van der Waals surface area (Å²) < 4.78 is 5.19. The molecule has 0 radical (unpaired) electrons. The maximum absolute atomic E-state index is 12.1. The average molecular weight is 290 g/mol. The molecule has 0 spiro atoms. The first-order valence-corrected chi connectivity index (χ1v) is 7.60. The Hall–Kier alpha value is -1.71. The number of piperidine rings is 1. The van der Waals surface area contributed by atoms with Gasteiger partial charge in [-0.3, -0.25) is 0 Å². The van der Waals surface area contributed by atoms with Gasteiger partial charge < -0.3 is 15.0 Å². The van der Waals surface area contributed by atoms with Gasteiger partial charge in [-0.15, -0.1) is 0 Å². The van der Waals surface area contributed by atoms with Gasteiger partial charge in [-0.25, -0.2) is 4.79 Å². The van der Waals surface area contributed by atoms with E-state index in [9.17, 15) is 4.79 Å². The molecule has 4 nitrogen and oxygen atoms in total. The summed E-state index contributed by atoms with van der Waals surface area (Å²) in [6, 6.07) is 8.33.